The van der Waals surface area contributed by atoms with Crippen LogP contribution < -0.4 is 5.32 Å². The fourth-order valence-electron chi connectivity index (χ4n) is 7.19. The van der Waals surface area contributed by atoms with Crippen molar-refractivity contribution in [3.63, 3.8) is 0 Å². The van der Waals surface area contributed by atoms with Gasteiger partial charge in [0.05, 0.1) is 5.41 Å². The molecule has 5 atom stereocenters. The van der Waals surface area contributed by atoms with Crippen LogP contribution in [0.3, 0.4) is 0 Å². The van der Waals surface area contributed by atoms with Crippen molar-refractivity contribution in [3.8, 4) is 5.75 Å². The van der Waals surface area contributed by atoms with Crippen LogP contribution in [0.4, 0.5) is 0 Å². The average molecular weight is 481 g/mol. The number of carbonyl (C=O) groups excluding carboxylic acids is 1. The molecule has 1 aliphatic heterocycles. The number of amides is 1. The number of hydrogen-bond acceptors (Lipinski definition) is 3. The molecule has 2 bridgehead atoms. The number of phenolic OH excluding ortho intramolecular Hbond substituents is 1. The highest BCUT2D eigenvalue weighted by atomic mass is 16.3. The summed E-state index contributed by atoms with van der Waals surface area (Å²) in [6.45, 7) is 7.31. The van der Waals surface area contributed by atoms with E-state index in [1.807, 2.05) is 36.4 Å². The molecular weight excluding hydrogens is 444 g/mol. The fraction of sp³-hybridized carbons (Fsp3) is 0.406. The Hall–Kier alpha value is -3.11. The van der Waals surface area contributed by atoms with Crippen LogP contribution in [0.1, 0.15) is 48.9 Å². The predicted octanol–water partition coefficient (Wildman–Crippen LogP) is 5.19. The molecule has 36 heavy (non-hydrogen) atoms. The van der Waals surface area contributed by atoms with E-state index in [0.29, 0.717) is 30.2 Å². The highest BCUT2D eigenvalue weighted by Crippen LogP contribution is 2.56. The van der Waals surface area contributed by atoms with Crippen molar-refractivity contribution in [1.82, 2.24) is 10.2 Å². The van der Waals surface area contributed by atoms with E-state index in [1.54, 1.807) is 0 Å². The highest BCUT2D eigenvalue weighted by molar-refractivity contribution is 5.92. The SMILES string of the molecule is C[C@H]1[C@H]2Cc3ccc(O)cc3[C@]1(C)CCN2C[C@@H]1C[C@@]1(C(=O)NCc1ccccc1)c1ccccc1. The molecule has 1 heterocycles. The first kappa shape index (κ1) is 23.3. The van der Waals surface area contributed by atoms with Crippen molar-refractivity contribution in [3.05, 3.63) is 101 Å². The maximum absolute atomic E-state index is 13.7. The van der Waals surface area contributed by atoms with Crippen LogP contribution in [0, 0.1) is 11.8 Å². The Balaban J connectivity index is 1.23. The Labute approximate surface area is 214 Å². The fourth-order valence-corrected chi connectivity index (χ4v) is 7.19. The number of nitrogens with zero attached hydrogens (tertiary/aromatic N) is 1. The Morgan fingerprint density at radius 3 is 2.53 bits per heavy atom. The van der Waals surface area contributed by atoms with Crippen LogP contribution in [-0.2, 0) is 28.6 Å². The predicted molar refractivity (Wildman–Crippen MR) is 143 cm³/mol. The van der Waals surface area contributed by atoms with E-state index in [9.17, 15) is 9.90 Å². The maximum atomic E-state index is 13.7. The number of aromatic hydroxyl groups is 1. The number of hydrogen-bond donors (Lipinski definition) is 2. The molecule has 186 valence electrons. The van der Waals surface area contributed by atoms with Gasteiger partial charge in [-0.05, 0) is 77.4 Å². The van der Waals surface area contributed by atoms with Crippen LogP contribution in [0.2, 0.25) is 0 Å². The van der Waals surface area contributed by atoms with Gasteiger partial charge in [-0.15, -0.1) is 0 Å². The zero-order valence-corrected chi connectivity index (χ0v) is 21.3. The van der Waals surface area contributed by atoms with Gasteiger partial charge in [0.1, 0.15) is 5.75 Å². The summed E-state index contributed by atoms with van der Waals surface area (Å²) in [4.78, 5) is 16.4. The molecule has 0 spiro atoms. The van der Waals surface area contributed by atoms with E-state index in [2.05, 4.69) is 66.5 Å². The minimum atomic E-state index is -0.446. The Morgan fingerprint density at radius 1 is 1.06 bits per heavy atom. The highest BCUT2D eigenvalue weighted by Gasteiger charge is 2.62. The summed E-state index contributed by atoms with van der Waals surface area (Å²) in [5.41, 5.74) is 4.60. The summed E-state index contributed by atoms with van der Waals surface area (Å²) in [5.74, 6) is 1.34. The van der Waals surface area contributed by atoms with Crippen molar-refractivity contribution in [2.45, 2.75) is 56.5 Å². The molecule has 1 saturated carbocycles. The number of piperidine rings is 1. The second-order valence-electron chi connectivity index (χ2n) is 11.5. The number of rotatable bonds is 6. The lowest BCUT2D eigenvalue weighted by atomic mass is 9.59. The molecular formula is C32H36N2O2. The maximum Gasteiger partial charge on any atom is 0.231 e. The smallest absolute Gasteiger partial charge is 0.231 e. The number of phenols is 1. The molecule has 6 rings (SSSR count). The first-order valence-electron chi connectivity index (χ1n) is 13.4. The van der Waals surface area contributed by atoms with Gasteiger partial charge in [0.2, 0.25) is 5.91 Å². The van der Waals surface area contributed by atoms with E-state index in [0.717, 1.165) is 43.5 Å². The Kier molecular flexibility index (Phi) is 5.68. The summed E-state index contributed by atoms with van der Waals surface area (Å²) < 4.78 is 0. The first-order chi connectivity index (χ1) is 17.4. The van der Waals surface area contributed by atoms with Crippen molar-refractivity contribution in [2.75, 3.05) is 13.1 Å². The van der Waals surface area contributed by atoms with Gasteiger partial charge in [-0.3, -0.25) is 9.69 Å². The molecule has 3 aromatic rings. The van der Waals surface area contributed by atoms with Crippen LogP contribution in [-0.4, -0.2) is 35.0 Å². The lowest BCUT2D eigenvalue weighted by Crippen LogP contribution is -2.58. The molecule has 4 nitrogen and oxygen atoms in total. The van der Waals surface area contributed by atoms with Gasteiger partial charge in [0.15, 0.2) is 0 Å². The molecule has 0 unspecified atom stereocenters. The topological polar surface area (TPSA) is 52.6 Å². The monoisotopic (exact) mass is 480 g/mol. The molecule has 1 amide bonds. The second-order valence-corrected chi connectivity index (χ2v) is 11.5. The summed E-state index contributed by atoms with van der Waals surface area (Å²) in [5, 5.41) is 13.4. The average Bonchev–Trinajstić information content (AvgIpc) is 3.63. The van der Waals surface area contributed by atoms with E-state index < -0.39 is 5.41 Å². The zero-order valence-electron chi connectivity index (χ0n) is 21.3. The zero-order chi connectivity index (χ0) is 24.9. The van der Waals surface area contributed by atoms with Gasteiger partial charge in [0, 0.05) is 19.1 Å². The number of benzene rings is 3. The molecule has 0 aromatic heterocycles. The lowest BCUT2D eigenvalue weighted by Gasteiger charge is -2.55. The Morgan fingerprint density at radius 2 is 1.78 bits per heavy atom. The van der Waals surface area contributed by atoms with E-state index in [-0.39, 0.29) is 11.3 Å². The molecule has 1 saturated heterocycles. The molecule has 2 N–H and O–H groups in total. The van der Waals surface area contributed by atoms with Gasteiger partial charge in [-0.1, -0.05) is 80.6 Å². The van der Waals surface area contributed by atoms with Gasteiger partial charge in [-0.2, -0.15) is 0 Å². The van der Waals surface area contributed by atoms with Gasteiger partial charge >= 0.3 is 0 Å². The number of likely N-dealkylation sites (tertiary alicyclic amines) is 1. The quantitative estimate of drug-likeness (QED) is 0.511. The number of fused-ring (bicyclic) bond motifs is 4. The number of carbonyl (C=O) groups is 1. The molecule has 4 heteroatoms. The summed E-state index contributed by atoms with van der Waals surface area (Å²) in [7, 11) is 0. The minimum Gasteiger partial charge on any atom is -0.508 e. The van der Waals surface area contributed by atoms with Gasteiger partial charge in [0.25, 0.3) is 0 Å². The first-order valence-corrected chi connectivity index (χ1v) is 13.4. The van der Waals surface area contributed by atoms with Crippen LogP contribution in [0.5, 0.6) is 5.75 Å². The summed E-state index contributed by atoms with van der Waals surface area (Å²) in [6, 6.07) is 27.0. The van der Waals surface area contributed by atoms with Crippen molar-refractivity contribution in [1.29, 1.82) is 0 Å². The van der Waals surface area contributed by atoms with Crippen LogP contribution in [0.15, 0.2) is 78.9 Å². The summed E-state index contributed by atoms with van der Waals surface area (Å²) >= 11 is 0. The van der Waals surface area contributed by atoms with E-state index in [4.69, 9.17) is 0 Å². The third-order valence-electron chi connectivity index (χ3n) is 9.66. The lowest BCUT2D eigenvalue weighted by molar-refractivity contribution is -0.124. The third-order valence-corrected chi connectivity index (χ3v) is 9.66. The third kappa shape index (κ3) is 3.74. The summed E-state index contributed by atoms with van der Waals surface area (Å²) in [6.07, 6.45) is 2.99. The van der Waals surface area contributed by atoms with Crippen LogP contribution >= 0.6 is 0 Å². The van der Waals surface area contributed by atoms with Gasteiger partial charge in [-0.25, -0.2) is 0 Å². The molecule has 3 aliphatic rings. The largest absolute Gasteiger partial charge is 0.508 e. The molecule has 2 aliphatic carbocycles. The van der Waals surface area contributed by atoms with Crippen molar-refractivity contribution in [2.24, 2.45) is 11.8 Å². The number of nitrogens with one attached hydrogen (secondary N) is 1. The second kappa shape index (κ2) is 8.77. The minimum absolute atomic E-state index is 0.0839. The Bertz CT molecular complexity index is 1260. The van der Waals surface area contributed by atoms with E-state index in [1.165, 1.54) is 11.1 Å². The molecule has 2 fully saturated rings. The van der Waals surface area contributed by atoms with E-state index >= 15 is 0 Å². The standard InChI is InChI=1S/C32H36N2O2/c1-22-29-17-24-13-14-27(35)18-28(24)31(22,2)15-16-34(29)21-26-19-32(26,25-11-7-4-8-12-25)30(36)33-20-23-9-5-3-6-10-23/h3-14,18,22,26,29,35H,15-17,19-21H2,1-2H3,(H,33,36)/t22-,26-,29+,31+,32+/m0/s1. The molecule has 0 radical (unpaired) electrons. The van der Waals surface area contributed by atoms with Gasteiger partial charge < -0.3 is 10.4 Å². The van der Waals surface area contributed by atoms with Crippen molar-refractivity contribution >= 4 is 5.91 Å². The van der Waals surface area contributed by atoms with Crippen molar-refractivity contribution < 1.29 is 9.90 Å². The normalized spacial score (nSPS) is 30.9. The van der Waals surface area contributed by atoms with Crippen LogP contribution in [0.25, 0.3) is 0 Å². The molecule has 3 aromatic carbocycles.